The number of rotatable bonds is 6. The van der Waals surface area contributed by atoms with Gasteiger partial charge in [0.25, 0.3) is 0 Å². The monoisotopic (exact) mass is 358 g/mol. The van der Waals surface area contributed by atoms with E-state index in [4.69, 9.17) is 0 Å². The van der Waals surface area contributed by atoms with Crippen LogP contribution >= 0.6 is 0 Å². The van der Waals surface area contributed by atoms with Gasteiger partial charge in [0.2, 0.25) is 5.91 Å². The summed E-state index contributed by atoms with van der Waals surface area (Å²) in [6.45, 7) is 6.34. The third-order valence-electron chi connectivity index (χ3n) is 4.68. The second-order valence-electron chi connectivity index (χ2n) is 7.00. The van der Waals surface area contributed by atoms with Crippen LogP contribution in [0.15, 0.2) is 72.8 Å². The summed E-state index contributed by atoms with van der Waals surface area (Å²) in [7, 11) is 0. The van der Waals surface area contributed by atoms with Crippen molar-refractivity contribution in [1.29, 1.82) is 0 Å². The fourth-order valence-corrected chi connectivity index (χ4v) is 3.09. The van der Waals surface area contributed by atoms with Crippen LogP contribution in [0.4, 0.5) is 5.69 Å². The fraction of sp³-hybridized carbons (Fsp3) is 0.208. The van der Waals surface area contributed by atoms with Crippen LogP contribution in [0.5, 0.6) is 0 Å². The molecule has 1 amide bonds. The Morgan fingerprint density at radius 1 is 0.815 bits per heavy atom. The summed E-state index contributed by atoms with van der Waals surface area (Å²) in [5, 5.41) is 6.43. The van der Waals surface area contributed by atoms with Crippen LogP contribution in [0.2, 0.25) is 0 Å². The van der Waals surface area contributed by atoms with Crippen molar-refractivity contribution in [2.24, 2.45) is 0 Å². The zero-order valence-electron chi connectivity index (χ0n) is 16.1. The number of anilines is 1. The van der Waals surface area contributed by atoms with E-state index in [9.17, 15) is 4.79 Å². The zero-order chi connectivity index (χ0) is 19.2. The normalized spacial score (nSPS) is 11.8. The van der Waals surface area contributed by atoms with E-state index in [0.29, 0.717) is 0 Å². The zero-order valence-corrected chi connectivity index (χ0v) is 16.1. The van der Waals surface area contributed by atoms with E-state index in [0.717, 1.165) is 27.9 Å². The highest BCUT2D eigenvalue weighted by atomic mass is 16.1. The number of benzene rings is 3. The summed E-state index contributed by atoms with van der Waals surface area (Å²) < 4.78 is 0. The standard InChI is InChI=1S/C24H26N2O/c1-17-10-13-21(14-11-17)24(20-7-5-4-6-8-20)25-16-23(27)26-22-15-18(2)9-12-19(22)3/h4-15,24-25H,16H2,1-3H3,(H,26,27)/t24-/m1/s1. The lowest BCUT2D eigenvalue weighted by Crippen LogP contribution is -2.32. The molecular formula is C24H26N2O. The molecule has 0 aliphatic heterocycles. The molecule has 138 valence electrons. The van der Waals surface area contributed by atoms with Gasteiger partial charge in [-0.05, 0) is 49.1 Å². The molecule has 3 aromatic rings. The molecular weight excluding hydrogens is 332 g/mol. The van der Waals surface area contributed by atoms with E-state index < -0.39 is 0 Å². The number of carbonyl (C=O) groups excluding carboxylic acids is 1. The van der Waals surface area contributed by atoms with Gasteiger partial charge in [0.15, 0.2) is 0 Å². The van der Waals surface area contributed by atoms with E-state index in [1.165, 1.54) is 5.56 Å². The molecule has 2 N–H and O–H groups in total. The maximum atomic E-state index is 12.5. The number of aryl methyl sites for hydroxylation is 3. The Morgan fingerprint density at radius 2 is 1.44 bits per heavy atom. The molecule has 0 bridgehead atoms. The van der Waals surface area contributed by atoms with Gasteiger partial charge in [-0.1, -0.05) is 72.3 Å². The summed E-state index contributed by atoms with van der Waals surface area (Å²) in [6, 6.07) is 24.7. The summed E-state index contributed by atoms with van der Waals surface area (Å²) in [4.78, 5) is 12.5. The average Bonchev–Trinajstić information content (AvgIpc) is 2.67. The number of carbonyl (C=O) groups is 1. The van der Waals surface area contributed by atoms with Crippen LogP contribution in [0, 0.1) is 20.8 Å². The predicted molar refractivity (Wildman–Crippen MR) is 112 cm³/mol. The van der Waals surface area contributed by atoms with E-state index in [2.05, 4.69) is 54.0 Å². The van der Waals surface area contributed by atoms with Gasteiger partial charge < -0.3 is 5.32 Å². The molecule has 3 nitrogen and oxygen atoms in total. The molecule has 0 heterocycles. The van der Waals surface area contributed by atoms with Crippen molar-refractivity contribution in [1.82, 2.24) is 5.32 Å². The molecule has 3 aromatic carbocycles. The molecule has 0 saturated heterocycles. The van der Waals surface area contributed by atoms with Gasteiger partial charge in [0, 0.05) is 5.69 Å². The first kappa shape index (κ1) is 18.9. The van der Waals surface area contributed by atoms with Crippen molar-refractivity contribution in [2.45, 2.75) is 26.8 Å². The quantitative estimate of drug-likeness (QED) is 0.656. The van der Waals surface area contributed by atoms with Crippen molar-refractivity contribution < 1.29 is 4.79 Å². The number of hydrogen-bond acceptors (Lipinski definition) is 2. The number of nitrogens with one attached hydrogen (secondary N) is 2. The lowest BCUT2D eigenvalue weighted by molar-refractivity contribution is -0.115. The third kappa shape index (κ3) is 5.05. The molecule has 0 saturated carbocycles. The van der Waals surface area contributed by atoms with Crippen LogP contribution in [0.3, 0.4) is 0 Å². The molecule has 3 heteroatoms. The van der Waals surface area contributed by atoms with Gasteiger partial charge >= 0.3 is 0 Å². The molecule has 27 heavy (non-hydrogen) atoms. The van der Waals surface area contributed by atoms with Crippen molar-refractivity contribution in [3.05, 3.63) is 101 Å². The maximum Gasteiger partial charge on any atom is 0.238 e. The lowest BCUT2D eigenvalue weighted by atomic mass is 9.98. The Labute approximate surface area is 161 Å². The highest BCUT2D eigenvalue weighted by molar-refractivity contribution is 5.93. The topological polar surface area (TPSA) is 41.1 Å². The van der Waals surface area contributed by atoms with Crippen LogP contribution in [0.1, 0.15) is 33.9 Å². The molecule has 3 rings (SSSR count). The number of amides is 1. The molecule has 0 aliphatic rings. The maximum absolute atomic E-state index is 12.5. The molecule has 1 atom stereocenters. The van der Waals surface area contributed by atoms with E-state index >= 15 is 0 Å². The second kappa shape index (κ2) is 8.65. The Hall–Kier alpha value is -2.91. The van der Waals surface area contributed by atoms with Gasteiger partial charge in [0.1, 0.15) is 0 Å². The van der Waals surface area contributed by atoms with Gasteiger partial charge in [-0.3, -0.25) is 10.1 Å². The van der Waals surface area contributed by atoms with Gasteiger partial charge in [-0.2, -0.15) is 0 Å². The first-order valence-electron chi connectivity index (χ1n) is 9.25. The summed E-state index contributed by atoms with van der Waals surface area (Å²) in [5.41, 5.74) is 6.57. The van der Waals surface area contributed by atoms with Crippen molar-refractivity contribution in [3.8, 4) is 0 Å². The first-order chi connectivity index (χ1) is 13.0. The minimum Gasteiger partial charge on any atom is -0.325 e. The van der Waals surface area contributed by atoms with Gasteiger partial charge in [-0.25, -0.2) is 0 Å². The molecule has 0 fully saturated rings. The van der Waals surface area contributed by atoms with Gasteiger partial charge in [0.05, 0.1) is 12.6 Å². The van der Waals surface area contributed by atoms with E-state index in [1.807, 2.05) is 50.2 Å². The van der Waals surface area contributed by atoms with E-state index in [1.54, 1.807) is 0 Å². The molecule has 0 radical (unpaired) electrons. The summed E-state index contributed by atoms with van der Waals surface area (Å²) in [6.07, 6.45) is 0. The highest BCUT2D eigenvalue weighted by Crippen LogP contribution is 2.22. The average molecular weight is 358 g/mol. The minimum absolute atomic E-state index is 0.0313. The van der Waals surface area contributed by atoms with Crippen LogP contribution < -0.4 is 10.6 Å². The SMILES string of the molecule is Cc1ccc([C@H](NCC(=O)Nc2cc(C)ccc2C)c2ccccc2)cc1. The predicted octanol–water partition coefficient (Wildman–Crippen LogP) is 4.93. The van der Waals surface area contributed by atoms with Crippen LogP contribution in [-0.4, -0.2) is 12.5 Å². The van der Waals surface area contributed by atoms with Crippen molar-refractivity contribution in [2.75, 3.05) is 11.9 Å². The van der Waals surface area contributed by atoms with Crippen molar-refractivity contribution in [3.63, 3.8) is 0 Å². The third-order valence-corrected chi connectivity index (χ3v) is 4.68. The minimum atomic E-state index is -0.0447. The van der Waals surface area contributed by atoms with Gasteiger partial charge in [-0.15, -0.1) is 0 Å². The molecule has 0 aliphatic carbocycles. The number of hydrogen-bond donors (Lipinski definition) is 2. The Kier molecular flexibility index (Phi) is 6.05. The largest absolute Gasteiger partial charge is 0.325 e. The van der Waals surface area contributed by atoms with Crippen LogP contribution in [0.25, 0.3) is 0 Å². The lowest BCUT2D eigenvalue weighted by Gasteiger charge is -2.20. The summed E-state index contributed by atoms with van der Waals surface area (Å²) >= 11 is 0. The van der Waals surface area contributed by atoms with Crippen LogP contribution in [-0.2, 0) is 4.79 Å². The second-order valence-corrected chi connectivity index (χ2v) is 7.00. The summed E-state index contributed by atoms with van der Waals surface area (Å²) in [5.74, 6) is -0.0447. The van der Waals surface area contributed by atoms with Crippen molar-refractivity contribution >= 4 is 11.6 Å². The Morgan fingerprint density at radius 3 is 2.15 bits per heavy atom. The molecule has 0 aromatic heterocycles. The fourth-order valence-electron chi connectivity index (χ4n) is 3.09. The Bertz CT molecular complexity index is 901. The smallest absolute Gasteiger partial charge is 0.238 e. The highest BCUT2D eigenvalue weighted by Gasteiger charge is 2.15. The molecule has 0 unspecified atom stereocenters. The molecule has 0 spiro atoms. The first-order valence-corrected chi connectivity index (χ1v) is 9.25. The van der Waals surface area contributed by atoms with E-state index in [-0.39, 0.29) is 18.5 Å². The Balaban J connectivity index is 1.73.